The van der Waals surface area contributed by atoms with E-state index in [1.807, 2.05) is 0 Å². The average Bonchev–Trinajstić information content (AvgIpc) is 2.27. The summed E-state index contributed by atoms with van der Waals surface area (Å²) < 4.78 is 36.8. The quantitative estimate of drug-likeness (QED) is 0.627. The molecule has 0 bridgehead atoms. The predicted octanol–water partition coefficient (Wildman–Crippen LogP) is 2.29. The number of thioether (sulfide) groups is 1. The maximum Gasteiger partial charge on any atom is 0.447 e. The van der Waals surface area contributed by atoms with E-state index < -0.39 is 28.2 Å². The van der Waals surface area contributed by atoms with Gasteiger partial charge in [0, 0.05) is 25.0 Å². The standard InChI is InChI=1S/C10H8F3N3OS/c1-16(6-4-14)9(17)7-3-2-5-15-8(7)18-10(11,12)13/h2-3,5H,6H2,1H3. The normalized spacial score (nSPS) is 10.8. The molecule has 0 unspecified atom stereocenters. The van der Waals surface area contributed by atoms with Gasteiger partial charge in [-0.1, -0.05) is 0 Å². The van der Waals surface area contributed by atoms with Crippen LogP contribution in [0.3, 0.4) is 0 Å². The minimum Gasteiger partial charge on any atom is -0.328 e. The molecular weight excluding hydrogens is 267 g/mol. The zero-order valence-electron chi connectivity index (χ0n) is 9.23. The van der Waals surface area contributed by atoms with Gasteiger partial charge in [-0.05, 0) is 12.1 Å². The van der Waals surface area contributed by atoms with Crippen LogP contribution in [0.5, 0.6) is 0 Å². The first kappa shape index (κ1) is 14.3. The Labute approximate surface area is 105 Å². The molecule has 0 spiro atoms. The number of carbonyl (C=O) groups excluding carboxylic acids is 1. The molecule has 96 valence electrons. The van der Waals surface area contributed by atoms with Crippen molar-refractivity contribution < 1.29 is 18.0 Å². The summed E-state index contributed by atoms with van der Waals surface area (Å²) in [6.07, 6.45) is 1.18. The molecule has 0 N–H and O–H groups in total. The Balaban J connectivity index is 3.02. The van der Waals surface area contributed by atoms with E-state index in [4.69, 9.17) is 5.26 Å². The van der Waals surface area contributed by atoms with Crippen LogP contribution in [0.1, 0.15) is 10.4 Å². The van der Waals surface area contributed by atoms with Gasteiger partial charge >= 0.3 is 5.51 Å². The van der Waals surface area contributed by atoms with Gasteiger partial charge in [0.2, 0.25) is 0 Å². The van der Waals surface area contributed by atoms with Crippen molar-refractivity contribution in [2.75, 3.05) is 13.6 Å². The summed E-state index contributed by atoms with van der Waals surface area (Å²) >= 11 is -0.450. The lowest BCUT2D eigenvalue weighted by Crippen LogP contribution is -2.27. The second-order valence-corrected chi connectivity index (χ2v) is 4.28. The van der Waals surface area contributed by atoms with Gasteiger partial charge in [-0.3, -0.25) is 4.79 Å². The van der Waals surface area contributed by atoms with Crippen LogP contribution in [0.4, 0.5) is 13.2 Å². The molecule has 1 amide bonds. The van der Waals surface area contributed by atoms with Crippen molar-refractivity contribution in [3.63, 3.8) is 0 Å². The van der Waals surface area contributed by atoms with E-state index in [9.17, 15) is 18.0 Å². The van der Waals surface area contributed by atoms with Crippen LogP contribution in [-0.2, 0) is 0 Å². The molecule has 0 aliphatic carbocycles. The highest BCUT2D eigenvalue weighted by Crippen LogP contribution is 2.37. The molecule has 0 saturated carbocycles. The topological polar surface area (TPSA) is 57.0 Å². The number of carbonyl (C=O) groups is 1. The van der Waals surface area contributed by atoms with Crippen molar-refractivity contribution >= 4 is 17.7 Å². The summed E-state index contributed by atoms with van der Waals surface area (Å²) in [7, 11) is 1.33. The lowest BCUT2D eigenvalue weighted by atomic mass is 10.2. The Bertz CT molecular complexity index is 484. The van der Waals surface area contributed by atoms with E-state index in [1.165, 1.54) is 25.4 Å². The number of aromatic nitrogens is 1. The molecule has 0 saturated heterocycles. The minimum atomic E-state index is -4.52. The van der Waals surface area contributed by atoms with Crippen molar-refractivity contribution in [1.29, 1.82) is 5.26 Å². The molecule has 18 heavy (non-hydrogen) atoms. The van der Waals surface area contributed by atoms with Gasteiger partial charge in [-0.2, -0.15) is 18.4 Å². The van der Waals surface area contributed by atoms with Crippen LogP contribution in [0.25, 0.3) is 0 Å². The van der Waals surface area contributed by atoms with E-state index in [0.29, 0.717) is 0 Å². The second kappa shape index (κ2) is 5.73. The zero-order chi connectivity index (χ0) is 13.8. The summed E-state index contributed by atoms with van der Waals surface area (Å²) in [5.41, 5.74) is -4.69. The highest BCUT2D eigenvalue weighted by molar-refractivity contribution is 8.00. The SMILES string of the molecule is CN(CC#N)C(=O)c1cccnc1SC(F)(F)F. The first-order chi connectivity index (χ1) is 8.35. The fraction of sp³-hybridized carbons (Fsp3) is 0.300. The molecule has 0 radical (unpaired) electrons. The van der Waals surface area contributed by atoms with Gasteiger partial charge in [0.15, 0.2) is 0 Å². The summed E-state index contributed by atoms with van der Waals surface area (Å²) in [4.78, 5) is 16.4. The second-order valence-electron chi connectivity index (χ2n) is 3.22. The molecule has 4 nitrogen and oxygen atoms in total. The van der Waals surface area contributed by atoms with Crippen molar-refractivity contribution in [2.45, 2.75) is 10.5 Å². The smallest absolute Gasteiger partial charge is 0.328 e. The summed E-state index contributed by atoms with van der Waals surface area (Å²) in [6, 6.07) is 4.36. The van der Waals surface area contributed by atoms with Gasteiger partial charge in [0.05, 0.1) is 11.6 Å². The van der Waals surface area contributed by atoms with Crippen LogP contribution < -0.4 is 0 Å². The molecule has 8 heteroatoms. The fourth-order valence-electron chi connectivity index (χ4n) is 1.13. The number of nitriles is 1. The lowest BCUT2D eigenvalue weighted by Gasteiger charge is -2.15. The van der Waals surface area contributed by atoms with Crippen molar-refractivity contribution in [2.24, 2.45) is 0 Å². The highest BCUT2D eigenvalue weighted by atomic mass is 32.2. The van der Waals surface area contributed by atoms with E-state index in [1.54, 1.807) is 6.07 Å². The third kappa shape index (κ3) is 3.92. The number of halogens is 3. The molecule has 0 fully saturated rings. The number of amides is 1. The van der Waals surface area contributed by atoms with Gasteiger partial charge in [0.1, 0.15) is 11.6 Å². The van der Waals surface area contributed by atoms with Crippen LogP contribution in [0, 0.1) is 11.3 Å². The van der Waals surface area contributed by atoms with Gasteiger partial charge in [0.25, 0.3) is 5.91 Å². The predicted molar refractivity (Wildman–Crippen MR) is 58.7 cm³/mol. The number of nitrogens with zero attached hydrogens (tertiary/aromatic N) is 3. The fourth-order valence-corrected chi connectivity index (χ4v) is 1.73. The van der Waals surface area contributed by atoms with Gasteiger partial charge < -0.3 is 4.90 Å². The molecule has 0 aromatic carbocycles. The van der Waals surface area contributed by atoms with E-state index in [2.05, 4.69) is 4.98 Å². The molecular formula is C10H8F3N3OS. The van der Waals surface area contributed by atoms with Gasteiger partial charge in [-0.25, -0.2) is 4.98 Å². The molecule has 1 aromatic rings. The van der Waals surface area contributed by atoms with Crippen molar-refractivity contribution in [3.8, 4) is 6.07 Å². The zero-order valence-corrected chi connectivity index (χ0v) is 10.0. The van der Waals surface area contributed by atoms with Crippen LogP contribution in [0.2, 0.25) is 0 Å². The van der Waals surface area contributed by atoms with E-state index in [-0.39, 0.29) is 12.1 Å². The van der Waals surface area contributed by atoms with E-state index >= 15 is 0 Å². The largest absolute Gasteiger partial charge is 0.447 e. The van der Waals surface area contributed by atoms with Crippen LogP contribution >= 0.6 is 11.8 Å². The minimum absolute atomic E-state index is 0.169. The van der Waals surface area contributed by atoms with Crippen LogP contribution in [0.15, 0.2) is 23.4 Å². The first-order valence-electron chi connectivity index (χ1n) is 4.68. The number of hydrogen-bond donors (Lipinski definition) is 0. The summed E-state index contributed by atoms with van der Waals surface area (Å²) in [5, 5.41) is 8.03. The molecule has 1 heterocycles. The van der Waals surface area contributed by atoms with Crippen molar-refractivity contribution in [1.82, 2.24) is 9.88 Å². The lowest BCUT2D eigenvalue weighted by molar-refractivity contribution is -0.0329. The van der Waals surface area contributed by atoms with Crippen LogP contribution in [-0.4, -0.2) is 34.9 Å². The maximum atomic E-state index is 12.3. The Kier molecular flexibility index (Phi) is 4.55. The first-order valence-corrected chi connectivity index (χ1v) is 5.50. The number of hydrogen-bond acceptors (Lipinski definition) is 4. The molecule has 1 rings (SSSR count). The monoisotopic (exact) mass is 275 g/mol. The Morgan fingerprint density at radius 2 is 2.28 bits per heavy atom. The number of rotatable bonds is 3. The van der Waals surface area contributed by atoms with E-state index in [0.717, 1.165) is 4.90 Å². The molecule has 0 atom stereocenters. The third-order valence-corrected chi connectivity index (χ3v) is 2.62. The molecule has 1 aromatic heterocycles. The molecule has 0 aliphatic rings. The van der Waals surface area contributed by atoms with Crippen molar-refractivity contribution in [3.05, 3.63) is 23.9 Å². The Hall–Kier alpha value is -1.75. The Morgan fingerprint density at radius 3 is 2.83 bits per heavy atom. The summed E-state index contributed by atoms with van der Waals surface area (Å²) in [6.45, 7) is -0.205. The number of alkyl halides is 3. The average molecular weight is 275 g/mol. The Morgan fingerprint density at radius 1 is 1.61 bits per heavy atom. The summed E-state index contributed by atoms with van der Waals surface area (Å²) in [5.74, 6) is -0.670. The number of pyridine rings is 1. The molecule has 0 aliphatic heterocycles. The van der Waals surface area contributed by atoms with Gasteiger partial charge in [-0.15, -0.1) is 0 Å². The highest BCUT2D eigenvalue weighted by Gasteiger charge is 2.32. The maximum absolute atomic E-state index is 12.3. The third-order valence-electron chi connectivity index (χ3n) is 1.87.